The molecule has 0 radical (unpaired) electrons. The third kappa shape index (κ3) is 5.11. The lowest BCUT2D eigenvalue weighted by molar-refractivity contribution is -0.0226. The Balaban J connectivity index is 1.95. The highest BCUT2D eigenvalue weighted by Crippen LogP contribution is 2.33. The minimum atomic E-state index is -1.02. The van der Waals surface area contributed by atoms with Crippen LogP contribution >= 0.6 is 0 Å². The van der Waals surface area contributed by atoms with Crippen molar-refractivity contribution in [2.45, 2.75) is 46.3 Å². The van der Waals surface area contributed by atoms with Crippen LogP contribution in [-0.2, 0) is 16.0 Å². The van der Waals surface area contributed by atoms with Crippen LogP contribution in [0.15, 0.2) is 36.4 Å². The van der Waals surface area contributed by atoms with Gasteiger partial charge in [0.2, 0.25) is 0 Å². The minimum Gasteiger partial charge on any atom is -0.478 e. The van der Waals surface area contributed by atoms with E-state index in [1.54, 1.807) is 43.5 Å². The number of nitrogens with zero attached hydrogens (tertiary/aromatic N) is 1. The Morgan fingerprint density at radius 3 is 1.84 bits per heavy atom. The van der Waals surface area contributed by atoms with E-state index < -0.39 is 11.9 Å². The highest BCUT2D eigenvalue weighted by molar-refractivity contribution is 6.11. The first-order chi connectivity index (χ1) is 14.9. The Hall–Kier alpha value is -2.90. The average molecular weight is 442 g/mol. The normalized spacial score (nSPS) is 12.5. The smallest absolute Gasteiger partial charge is 0.335 e. The van der Waals surface area contributed by atoms with Gasteiger partial charge in [0.25, 0.3) is 0 Å². The van der Waals surface area contributed by atoms with Gasteiger partial charge in [-0.2, -0.15) is 0 Å². The van der Waals surface area contributed by atoms with Crippen LogP contribution < -0.4 is 0 Å². The second-order valence-electron chi connectivity index (χ2n) is 9.59. The van der Waals surface area contributed by atoms with Crippen LogP contribution in [0, 0.1) is 5.41 Å². The third-order valence-corrected chi connectivity index (χ3v) is 5.84. The van der Waals surface area contributed by atoms with Crippen LogP contribution in [0.3, 0.4) is 0 Å². The summed E-state index contributed by atoms with van der Waals surface area (Å²) in [6.07, 6.45) is 0.783. The molecule has 0 fully saturated rings. The van der Waals surface area contributed by atoms with E-state index in [9.17, 15) is 19.8 Å². The summed E-state index contributed by atoms with van der Waals surface area (Å²) in [6.45, 7) is 10.0. The molecule has 1 aromatic heterocycles. The molecular weight excluding hydrogens is 410 g/mol. The molecule has 0 spiro atoms. The van der Waals surface area contributed by atoms with Crippen molar-refractivity contribution in [1.82, 2.24) is 4.57 Å². The van der Waals surface area contributed by atoms with Crippen molar-refractivity contribution in [3.63, 3.8) is 0 Å². The van der Waals surface area contributed by atoms with E-state index in [4.69, 9.17) is 9.47 Å². The summed E-state index contributed by atoms with van der Waals surface area (Å²) in [7, 11) is 1.69. The number of carboxylic acids is 2. The molecule has 7 heteroatoms. The number of hydrogen-bond donors (Lipinski definition) is 2. The molecule has 32 heavy (non-hydrogen) atoms. The molecule has 3 aromatic rings. The highest BCUT2D eigenvalue weighted by atomic mass is 16.5. The van der Waals surface area contributed by atoms with Gasteiger partial charge in [-0.25, -0.2) is 9.59 Å². The molecule has 0 aliphatic rings. The van der Waals surface area contributed by atoms with Crippen LogP contribution in [0.25, 0.3) is 21.8 Å². The summed E-state index contributed by atoms with van der Waals surface area (Å²) in [4.78, 5) is 23.0. The van der Waals surface area contributed by atoms with E-state index >= 15 is 0 Å². The first-order valence-electron chi connectivity index (χ1n) is 10.6. The number of methoxy groups -OCH3 is 1. The SMILES string of the molecule is COC(C)(C)CCOCC(C)(C)Cn1c2ccc(C(=O)O)cc2c2cc(C(=O)O)ccc21. The number of carboxylic acid groups (broad SMARTS) is 2. The topological polar surface area (TPSA) is 98.0 Å². The highest BCUT2D eigenvalue weighted by Gasteiger charge is 2.24. The summed E-state index contributed by atoms with van der Waals surface area (Å²) in [5.74, 6) is -2.04. The number of hydrogen-bond acceptors (Lipinski definition) is 4. The van der Waals surface area contributed by atoms with Gasteiger partial charge in [-0.05, 0) is 56.7 Å². The number of benzene rings is 2. The van der Waals surface area contributed by atoms with Gasteiger partial charge in [0.15, 0.2) is 0 Å². The Kier molecular flexibility index (Phi) is 6.62. The van der Waals surface area contributed by atoms with Gasteiger partial charge in [0.1, 0.15) is 0 Å². The summed E-state index contributed by atoms with van der Waals surface area (Å²) in [5, 5.41) is 20.3. The molecule has 2 aromatic carbocycles. The van der Waals surface area contributed by atoms with Crippen molar-refractivity contribution in [3.05, 3.63) is 47.5 Å². The molecule has 0 saturated carbocycles. The molecule has 0 unspecified atom stereocenters. The largest absolute Gasteiger partial charge is 0.478 e. The molecule has 7 nitrogen and oxygen atoms in total. The maximum absolute atomic E-state index is 11.5. The van der Waals surface area contributed by atoms with Crippen molar-refractivity contribution in [2.24, 2.45) is 5.41 Å². The Morgan fingerprint density at radius 2 is 1.41 bits per heavy atom. The molecule has 0 aliphatic carbocycles. The fourth-order valence-electron chi connectivity index (χ4n) is 3.78. The van der Waals surface area contributed by atoms with Gasteiger partial charge in [-0.3, -0.25) is 0 Å². The van der Waals surface area contributed by atoms with E-state index in [1.165, 1.54) is 0 Å². The second-order valence-corrected chi connectivity index (χ2v) is 9.59. The molecule has 0 atom stereocenters. The zero-order chi connectivity index (χ0) is 23.7. The number of ether oxygens (including phenoxy) is 2. The van der Waals surface area contributed by atoms with E-state index in [-0.39, 0.29) is 22.1 Å². The van der Waals surface area contributed by atoms with Gasteiger partial charge in [-0.1, -0.05) is 13.8 Å². The predicted octanol–water partition coefficient (Wildman–Crippen LogP) is 5.05. The monoisotopic (exact) mass is 441 g/mol. The first kappa shape index (κ1) is 23.8. The number of carbonyl (C=O) groups is 2. The summed E-state index contributed by atoms with van der Waals surface area (Å²) >= 11 is 0. The van der Waals surface area contributed by atoms with Gasteiger partial charge < -0.3 is 24.3 Å². The Bertz CT molecular complexity index is 1090. The molecular formula is C25H31NO6. The van der Waals surface area contributed by atoms with Crippen molar-refractivity contribution < 1.29 is 29.3 Å². The number of rotatable bonds is 10. The van der Waals surface area contributed by atoms with Crippen LogP contribution in [-0.4, -0.2) is 52.6 Å². The molecule has 2 N–H and O–H groups in total. The van der Waals surface area contributed by atoms with Crippen molar-refractivity contribution in [2.75, 3.05) is 20.3 Å². The predicted molar refractivity (Wildman–Crippen MR) is 124 cm³/mol. The summed E-state index contributed by atoms with van der Waals surface area (Å²) < 4.78 is 13.5. The molecule has 0 saturated heterocycles. The number of fused-ring (bicyclic) bond motifs is 3. The lowest BCUT2D eigenvalue weighted by atomic mass is 9.94. The number of aromatic nitrogens is 1. The third-order valence-electron chi connectivity index (χ3n) is 5.84. The molecule has 1 heterocycles. The van der Waals surface area contributed by atoms with Crippen LogP contribution in [0.4, 0.5) is 0 Å². The van der Waals surface area contributed by atoms with Gasteiger partial charge in [0.05, 0.1) is 23.3 Å². The zero-order valence-corrected chi connectivity index (χ0v) is 19.3. The molecule has 0 amide bonds. The van der Waals surface area contributed by atoms with Gasteiger partial charge in [0, 0.05) is 47.5 Å². The molecule has 172 valence electrons. The standard InChI is InChI=1S/C25H31NO6/c1-24(2,15-32-11-10-25(3,4)31-5)14-26-20-8-6-16(22(27)28)12-18(20)19-13-17(23(29)30)7-9-21(19)26/h6-9,12-13H,10-11,14-15H2,1-5H3,(H,27,28)(H,29,30). The minimum absolute atomic E-state index is 0.167. The quantitative estimate of drug-likeness (QED) is 0.427. The lowest BCUT2D eigenvalue weighted by Gasteiger charge is -2.28. The van der Waals surface area contributed by atoms with E-state index in [1.807, 2.05) is 13.8 Å². The maximum Gasteiger partial charge on any atom is 0.335 e. The lowest BCUT2D eigenvalue weighted by Crippen LogP contribution is -2.28. The summed E-state index contributed by atoms with van der Waals surface area (Å²) in [6, 6.07) is 9.95. The van der Waals surface area contributed by atoms with Crippen LogP contribution in [0.1, 0.15) is 54.8 Å². The summed E-state index contributed by atoms with van der Waals surface area (Å²) in [5.41, 5.74) is 1.61. The van der Waals surface area contributed by atoms with Crippen LogP contribution in [0.2, 0.25) is 0 Å². The maximum atomic E-state index is 11.5. The molecule has 0 aliphatic heterocycles. The van der Waals surface area contributed by atoms with E-state index in [0.717, 1.165) is 28.2 Å². The van der Waals surface area contributed by atoms with Crippen molar-refractivity contribution in [3.8, 4) is 0 Å². The van der Waals surface area contributed by atoms with Gasteiger partial charge >= 0.3 is 11.9 Å². The second kappa shape index (κ2) is 8.92. The molecule has 0 bridgehead atoms. The van der Waals surface area contributed by atoms with Gasteiger partial charge in [-0.15, -0.1) is 0 Å². The Morgan fingerprint density at radius 1 is 0.906 bits per heavy atom. The fourth-order valence-corrected chi connectivity index (χ4v) is 3.78. The van der Waals surface area contributed by atoms with E-state index in [2.05, 4.69) is 18.4 Å². The van der Waals surface area contributed by atoms with E-state index in [0.29, 0.717) is 19.8 Å². The first-order valence-corrected chi connectivity index (χ1v) is 10.6. The Labute approximate surface area is 187 Å². The van der Waals surface area contributed by atoms with Crippen molar-refractivity contribution in [1.29, 1.82) is 0 Å². The molecule has 3 rings (SSSR count). The average Bonchev–Trinajstić information content (AvgIpc) is 3.03. The fraction of sp³-hybridized carbons (Fsp3) is 0.440. The zero-order valence-electron chi connectivity index (χ0n) is 19.3. The van der Waals surface area contributed by atoms with Crippen molar-refractivity contribution >= 4 is 33.7 Å². The van der Waals surface area contributed by atoms with Crippen LogP contribution in [0.5, 0.6) is 0 Å². The number of aromatic carboxylic acids is 2.